The summed E-state index contributed by atoms with van der Waals surface area (Å²) in [7, 11) is 0. The van der Waals surface area contributed by atoms with E-state index in [-0.39, 0.29) is 12.1 Å². The van der Waals surface area contributed by atoms with Crippen molar-refractivity contribution < 1.29 is 10.2 Å². The van der Waals surface area contributed by atoms with Gasteiger partial charge in [-0.25, -0.2) is 0 Å². The molecule has 1 rings (SSSR count). The molecule has 1 aliphatic rings. The molecule has 1 saturated heterocycles. The quantitative estimate of drug-likeness (QED) is 0.465. The molecule has 0 spiro atoms. The topological polar surface area (TPSA) is 52.5 Å². The average Bonchev–Trinajstić information content (AvgIpc) is 2.11. The lowest BCUT2D eigenvalue weighted by Gasteiger charge is -2.25. The standard InChI is InChI=1S/C7H15NO2/c1-7(2,10)6-3-5(9)4-8-6/h5-6,8-10H,3-4H2,1-2H3/t5-,6-/m0/s1. The van der Waals surface area contributed by atoms with Gasteiger partial charge in [-0.1, -0.05) is 0 Å². The maximum atomic E-state index is 9.46. The zero-order valence-corrected chi connectivity index (χ0v) is 6.46. The first-order valence-corrected chi connectivity index (χ1v) is 3.64. The number of hydrogen-bond acceptors (Lipinski definition) is 3. The van der Waals surface area contributed by atoms with Crippen LogP contribution >= 0.6 is 0 Å². The zero-order chi connectivity index (χ0) is 7.78. The predicted octanol–water partition coefficient (Wildman–Crippen LogP) is -0.520. The van der Waals surface area contributed by atoms with Crippen molar-refractivity contribution in [3.63, 3.8) is 0 Å². The van der Waals surface area contributed by atoms with Gasteiger partial charge in [0.1, 0.15) is 0 Å². The molecule has 3 N–H and O–H groups in total. The highest BCUT2D eigenvalue weighted by molar-refractivity contribution is 4.91. The van der Waals surface area contributed by atoms with Crippen molar-refractivity contribution in [3.8, 4) is 0 Å². The Morgan fingerprint density at radius 1 is 1.50 bits per heavy atom. The maximum Gasteiger partial charge on any atom is 0.0745 e. The number of hydrogen-bond donors (Lipinski definition) is 3. The lowest BCUT2D eigenvalue weighted by atomic mass is 9.97. The normalized spacial score (nSPS) is 34.8. The van der Waals surface area contributed by atoms with Crippen LogP contribution in [0, 0.1) is 0 Å². The van der Waals surface area contributed by atoms with Crippen LogP contribution in [0.3, 0.4) is 0 Å². The second-order valence-electron chi connectivity index (χ2n) is 3.50. The monoisotopic (exact) mass is 145 g/mol. The van der Waals surface area contributed by atoms with Crippen molar-refractivity contribution in [2.75, 3.05) is 6.54 Å². The molecule has 1 fully saturated rings. The van der Waals surface area contributed by atoms with Crippen LogP contribution < -0.4 is 5.32 Å². The molecule has 3 heteroatoms. The lowest BCUT2D eigenvalue weighted by Crippen LogP contribution is -2.42. The van der Waals surface area contributed by atoms with E-state index in [1.54, 1.807) is 13.8 Å². The zero-order valence-electron chi connectivity index (χ0n) is 6.46. The van der Waals surface area contributed by atoms with E-state index in [4.69, 9.17) is 5.11 Å². The molecule has 10 heavy (non-hydrogen) atoms. The minimum Gasteiger partial charge on any atom is -0.392 e. The van der Waals surface area contributed by atoms with Crippen LogP contribution in [-0.4, -0.2) is 34.5 Å². The van der Waals surface area contributed by atoms with Crippen LogP contribution in [0.15, 0.2) is 0 Å². The van der Waals surface area contributed by atoms with E-state index in [1.807, 2.05) is 0 Å². The number of rotatable bonds is 1. The average molecular weight is 145 g/mol. The van der Waals surface area contributed by atoms with Crippen LogP contribution in [0.25, 0.3) is 0 Å². The third-order valence-electron chi connectivity index (χ3n) is 1.96. The molecular weight excluding hydrogens is 130 g/mol. The molecule has 0 aromatic heterocycles. The summed E-state index contributed by atoms with van der Waals surface area (Å²) >= 11 is 0. The Balaban J connectivity index is 2.45. The van der Waals surface area contributed by atoms with Gasteiger partial charge >= 0.3 is 0 Å². The third-order valence-corrected chi connectivity index (χ3v) is 1.96. The Hall–Kier alpha value is -0.120. The van der Waals surface area contributed by atoms with Crippen LogP contribution in [0.4, 0.5) is 0 Å². The summed E-state index contributed by atoms with van der Waals surface area (Å²) < 4.78 is 0. The van der Waals surface area contributed by atoms with Gasteiger partial charge in [-0.15, -0.1) is 0 Å². The van der Waals surface area contributed by atoms with Crippen molar-refractivity contribution in [2.24, 2.45) is 0 Å². The fourth-order valence-corrected chi connectivity index (χ4v) is 1.26. The Kier molecular flexibility index (Phi) is 1.99. The Labute approximate surface area is 61.1 Å². The second-order valence-corrected chi connectivity index (χ2v) is 3.50. The van der Waals surface area contributed by atoms with Gasteiger partial charge in [-0.2, -0.15) is 0 Å². The minimum atomic E-state index is -0.711. The van der Waals surface area contributed by atoms with E-state index in [0.717, 1.165) is 0 Å². The Bertz CT molecular complexity index is 119. The molecule has 2 atom stereocenters. The number of aliphatic hydroxyl groups is 2. The molecule has 0 amide bonds. The van der Waals surface area contributed by atoms with Gasteiger partial charge in [0, 0.05) is 12.6 Å². The first kappa shape index (κ1) is 7.98. The molecule has 0 unspecified atom stereocenters. The number of β-amino-alcohol motifs (C(OH)–C–C–N with tert-alkyl or cyclic N) is 1. The molecule has 3 nitrogen and oxygen atoms in total. The largest absolute Gasteiger partial charge is 0.392 e. The fraction of sp³-hybridized carbons (Fsp3) is 1.00. The molecule has 0 bridgehead atoms. The molecular formula is C7H15NO2. The summed E-state index contributed by atoms with van der Waals surface area (Å²) in [5.74, 6) is 0. The molecule has 0 radical (unpaired) electrons. The molecule has 0 saturated carbocycles. The van der Waals surface area contributed by atoms with Gasteiger partial charge in [-0.05, 0) is 20.3 Å². The molecule has 0 aromatic rings. The predicted molar refractivity (Wildman–Crippen MR) is 38.7 cm³/mol. The van der Waals surface area contributed by atoms with E-state index in [9.17, 15) is 5.11 Å². The van der Waals surface area contributed by atoms with E-state index in [2.05, 4.69) is 5.32 Å². The van der Waals surface area contributed by atoms with Gasteiger partial charge in [0.2, 0.25) is 0 Å². The second kappa shape index (κ2) is 2.49. The summed E-state index contributed by atoms with van der Waals surface area (Å²) in [6.07, 6.45) is 0.375. The first-order chi connectivity index (χ1) is 4.50. The third kappa shape index (κ3) is 1.68. The van der Waals surface area contributed by atoms with E-state index < -0.39 is 5.60 Å². The van der Waals surface area contributed by atoms with Gasteiger partial charge < -0.3 is 15.5 Å². The van der Waals surface area contributed by atoms with Gasteiger partial charge in [0.05, 0.1) is 11.7 Å². The number of aliphatic hydroxyl groups excluding tert-OH is 1. The summed E-state index contributed by atoms with van der Waals surface area (Å²) in [5, 5.41) is 21.6. The van der Waals surface area contributed by atoms with Crippen LogP contribution in [0.5, 0.6) is 0 Å². The molecule has 0 aromatic carbocycles. The van der Waals surface area contributed by atoms with Crippen molar-refractivity contribution in [1.29, 1.82) is 0 Å². The van der Waals surface area contributed by atoms with E-state index >= 15 is 0 Å². The van der Waals surface area contributed by atoms with Crippen LogP contribution in [-0.2, 0) is 0 Å². The SMILES string of the molecule is CC(C)(O)[C@@H]1C[C@H](O)CN1. The van der Waals surface area contributed by atoms with Gasteiger partial charge in [-0.3, -0.25) is 0 Å². The summed E-state index contributed by atoms with van der Waals surface area (Å²) in [4.78, 5) is 0. The molecule has 0 aliphatic carbocycles. The maximum absolute atomic E-state index is 9.46. The first-order valence-electron chi connectivity index (χ1n) is 3.64. The summed E-state index contributed by atoms with van der Waals surface area (Å²) in [5.41, 5.74) is -0.711. The van der Waals surface area contributed by atoms with Gasteiger partial charge in [0.25, 0.3) is 0 Å². The van der Waals surface area contributed by atoms with Crippen molar-refractivity contribution in [2.45, 2.75) is 38.0 Å². The van der Waals surface area contributed by atoms with Crippen molar-refractivity contribution in [3.05, 3.63) is 0 Å². The smallest absolute Gasteiger partial charge is 0.0745 e. The highest BCUT2D eigenvalue weighted by Crippen LogP contribution is 2.17. The molecule has 60 valence electrons. The van der Waals surface area contributed by atoms with E-state index in [0.29, 0.717) is 13.0 Å². The fourth-order valence-electron chi connectivity index (χ4n) is 1.26. The van der Waals surface area contributed by atoms with E-state index in [1.165, 1.54) is 0 Å². The van der Waals surface area contributed by atoms with Crippen LogP contribution in [0.1, 0.15) is 20.3 Å². The Morgan fingerprint density at radius 2 is 2.10 bits per heavy atom. The van der Waals surface area contributed by atoms with Gasteiger partial charge in [0.15, 0.2) is 0 Å². The lowest BCUT2D eigenvalue weighted by molar-refractivity contribution is 0.0402. The van der Waals surface area contributed by atoms with Crippen molar-refractivity contribution in [1.82, 2.24) is 5.32 Å². The minimum absolute atomic E-state index is 0.0440. The molecule has 1 heterocycles. The van der Waals surface area contributed by atoms with Crippen molar-refractivity contribution >= 4 is 0 Å². The summed E-state index contributed by atoms with van der Waals surface area (Å²) in [6.45, 7) is 4.11. The number of nitrogens with one attached hydrogen (secondary N) is 1. The summed E-state index contributed by atoms with van der Waals surface area (Å²) in [6, 6.07) is 0.0440. The van der Waals surface area contributed by atoms with Crippen LogP contribution in [0.2, 0.25) is 0 Å². The Morgan fingerprint density at radius 3 is 2.30 bits per heavy atom. The molecule has 1 aliphatic heterocycles. The highest BCUT2D eigenvalue weighted by atomic mass is 16.3. The highest BCUT2D eigenvalue weighted by Gasteiger charge is 2.33.